The van der Waals surface area contributed by atoms with Gasteiger partial charge in [0.1, 0.15) is 0 Å². The maximum absolute atomic E-state index is 4.31. The van der Waals surface area contributed by atoms with Crippen molar-refractivity contribution < 1.29 is 0 Å². The molecule has 1 aliphatic heterocycles. The Balaban J connectivity index is 1.42. The summed E-state index contributed by atoms with van der Waals surface area (Å²) in [5.74, 6) is 0.687. The van der Waals surface area contributed by atoms with Crippen molar-refractivity contribution in [3.8, 4) is 0 Å². The molecule has 0 radical (unpaired) electrons. The van der Waals surface area contributed by atoms with Gasteiger partial charge in [-0.05, 0) is 39.2 Å². The van der Waals surface area contributed by atoms with E-state index in [4.69, 9.17) is 0 Å². The van der Waals surface area contributed by atoms with E-state index in [0.717, 1.165) is 13.1 Å². The van der Waals surface area contributed by atoms with Crippen LogP contribution in [0, 0.1) is 6.92 Å². The van der Waals surface area contributed by atoms with Gasteiger partial charge in [-0.1, -0.05) is 5.21 Å². The number of nitrogens with one attached hydrogen (secondary N) is 1. The third-order valence-electron chi connectivity index (χ3n) is 4.76. The molecular formula is C15H22N6. The second-order valence-electron chi connectivity index (χ2n) is 6.43. The molecule has 6 heteroatoms. The molecule has 0 bridgehead atoms. The Bertz CT molecular complexity index is 611. The van der Waals surface area contributed by atoms with E-state index in [9.17, 15) is 0 Å². The molecule has 2 aromatic heterocycles. The van der Waals surface area contributed by atoms with E-state index in [0.29, 0.717) is 12.0 Å². The number of hydrogen-bond donors (Lipinski definition) is 1. The van der Waals surface area contributed by atoms with Gasteiger partial charge in [0.25, 0.3) is 0 Å². The highest BCUT2D eigenvalue weighted by Crippen LogP contribution is 2.38. The summed E-state index contributed by atoms with van der Waals surface area (Å²) in [7, 11) is 0. The largest absolute Gasteiger partial charge is 0.294 e. The van der Waals surface area contributed by atoms with E-state index < -0.39 is 0 Å². The van der Waals surface area contributed by atoms with Crippen LogP contribution < -0.4 is 0 Å². The van der Waals surface area contributed by atoms with Crippen LogP contribution in [0.1, 0.15) is 48.6 Å². The minimum atomic E-state index is 0.563. The van der Waals surface area contributed by atoms with Gasteiger partial charge in [-0.3, -0.25) is 14.7 Å². The first-order valence-corrected chi connectivity index (χ1v) is 7.92. The second kappa shape index (κ2) is 5.26. The Hall–Kier alpha value is -1.69. The van der Waals surface area contributed by atoms with Crippen molar-refractivity contribution in [2.24, 2.45) is 0 Å². The lowest BCUT2D eigenvalue weighted by Crippen LogP contribution is -2.32. The fourth-order valence-electron chi connectivity index (χ4n) is 3.25. The average Bonchev–Trinajstić information content (AvgIpc) is 2.87. The van der Waals surface area contributed by atoms with Gasteiger partial charge in [0.05, 0.1) is 18.4 Å². The quantitative estimate of drug-likeness (QED) is 0.911. The predicted molar refractivity (Wildman–Crippen MR) is 78.8 cm³/mol. The van der Waals surface area contributed by atoms with Crippen molar-refractivity contribution in [1.82, 2.24) is 30.1 Å². The summed E-state index contributed by atoms with van der Waals surface area (Å²) in [4.78, 5) is 2.55. The number of aryl methyl sites for hydroxylation is 1. The highest BCUT2D eigenvalue weighted by Gasteiger charge is 2.29. The molecule has 1 aliphatic carbocycles. The van der Waals surface area contributed by atoms with Gasteiger partial charge in [-0.2, -0.15) is 5.10 Å². The molecule has 112 valence electrons. The SMILES string of the molecule is Cc1[nH]ncc1CN1CCC[C@H]1Cn1cc(C2CC2)nn1. The van der Waals surface area contributed by atoms with Gasteiger partial charge in [0, 0.05) is 36.0 Å². The highest BCUT2D eigenvalue weighted by atomic mass is 15.4. The van der Waals surface area contributed by atoms with Gasteiger partial charge in [0.2, 0.25) is 0 Å². The molecule has 0 aromatic carbocycles. The number of aromatic amines is 1. The zero-order valence-corrected chi connectivity index (χ0v) is 12.5. The first-order chi connectivity index (χ1) is 10.3. The number of likely N-dealkylation sites (tertiary alicyclic amines) is 1. The van der Waals surface area contributed by atoms with Crippen LogP contribution in [-0.2, 0) is 13.1 Å². The Morgan fingerprint density at radius 1 is 1.33 bits per heavy atom. The maximum atomic E-state index is 4.31. The second-order valence-corrected chi connectivity index (χ2v) is 6.43. The van der Waals surface area contributed by atoms with Crippen LogP contribution in [0.3, 0.4) is 0 Å². The van der Waals surface area contributed by atoms with Crippen LogP contribution in [0.5, 0.6) is 0 Å². The molecule has 0 spiro atoms. The summed E-state index contributed by atoms with van der Waals surface area (Å²) < 4.78 is 2.04. The Morgan fingerprint density at radius 2 is 2.24 bits per heavy atom. The lowest BCUT2D eigenvalue weighted by molar-refractivity contribution is 0.218. The highest BCUT2D eigenvalue weighted by molar-refractivity contribution is 5.14. The van der Waals surface area contributed by atoms with Crippen molar-refractivity contribution in [2.45, 2.75) is 57.7 Å². The standard InChI is InChI=1S/C15H22N6/c1-11-13(7-16-17-11)8-20-6-2-3-14(20)9-21-10-15(18-19-21)12-4-5-12/h7,10,12,14H,2-6,8-9H2,1H3,(H,16,17)/t14-/m0/s1. The predicted octanol–water partition coefficient (Wildman–Crippen LogP) is 1.85. The smallest absolute Gasteiger partial charge is 0.0857 e. The molecule has 1 N–H and O–H groups in total. The van der Waals surface area contributed by atoms with Gasteiger partial charge in [0.15, 0.2) is 0 Å². The van der Waals surface area contributed by atoms with Crippen molar-refractivity contribution in [1.29, 1.82) is 0 Å². The van der Waals surface area contributed by atoms with Crippen molar-refractivity contribution >= 4 is 0 Å². The summed E-state index contributed by atoms with van der Waals surface area (Å²) in [6, 6.07) is 0.563. The number of hydrogen-bond acceptors (Lipinski definition) is 4. The average molecular weight is 286 g/mol. The monoisotopic (exact) mass is 286 g/mol. The van der Waals surface area contributed by atoms with Crippen LogP contribution in [-0.4, -0.2) is 42.7 Å². The van der Waals surface area contributed by atoms with E-state index in [2.05, 4.69) is 38.5 Å². The molecule has 6 nitrogen and oxygen atoms in total. The summed E-state index contributed by atoms with van der Waals surface area (Å²) in [5, 5.41) is 15.8. The number of rotatable bonds is 5. The van der Waals surface area contributed by atoms with E-state index in [-0.39, 0.29) is 0 Å². The van der Waals surface area contributed by atoms with Crippen LogP contribution in [0.4, 0.5) is 0 Å². The molecule has 2 aliphatic rings. The number of aromatic nitrogens is 5. The Kier molecular flexibility index (Phi) is 3.25. The van der Waals surface area contributed by atoms with Gasteiger partial charge in [-0.25, -0.2) is 0 Å². The Morgan fingerprint density at radius 3 is 3.00 bits per heavy atom. The molecule has 0 amide bonds. The topological polar surface area (TPSA) is 62.6 Å². The van der Waals surface area contributed by atoms with Gasteiger partial charge >= 0.3 is 0 Å². The zero-order chi connectivity index (χ0) is 14.2. The Labute approximate surface area is 124 Å². The first-order valence-electron chi connectivity index (χ1n) is 7.92. The zero-order valence-electron chi connectivity index (χ0n) is 12.5. The fraction of sp³-hybridized carbons (Fsp3) is 0.667. The van der Waals surface area contributed by atoms with Crippen molar-refractivity contribution in [2.75, 3.05) is 6.54 Å². The third kappa shape index (κ3) is 2.72. The van der Waals surface area contributed by atoms with Crippen LogP contribution in [0.25, 0.3) is 0 Å². The van der Waals surface area contributed by atoms with E-state index in [1.807, 2.05) is 10.9 Å². The first kappa shape index (κ1) is 13.0. The molecule has 2 aromatic rings. The maximum Gasteiger partial charge on any atom is 0.0857 e. The van der Waals surface area contributed by atoms with E-state index >= 15 is 0 Å². The molecule has 21 heavy (non-hydrogen) atoms. The normalized spacial score (nSPS) is 23.0. The lowest BCUT2D eigenvalue weighted by Gasteiger charge is -2.23. The van der Waals surface area contributed by atoms with Gasteiger partial charge in [-0.15, -0.1) is 5.10 Å². The summed E-state index contributed by atoms with van der Waals surface area (Å²) in [5.41, 5.74) is 3.67. The molecule has 1 atom stereocenters. The number of H-pyrrole nitrogens is 1. The molecule has 2 fully saturated rings. The summed E-state index contributed by atoms with van der Waals surface area (Å²) in [6.07, 6.45) is 9.19. The van der Waals surface area contributed by atoms with E-state index in [1.54, 1.807) is 0 Å². The molecule has 3 heterocycles. The van der Waals surface area contributed by atoms with E-state index in [1.165, 1.54) is 49.2 Å². The summed E-state index contributed by atoms with van der Waals surface area (Å²) in [6.45, 7) is 5.19. The third-order valence-corrected chi connectivity index (χ3v) is 4.76. The molecule has 0 unspecified atom stereocenters. The van der Waals surface area contributed by atoms with Crippen LogP contribution >= 0.6 is 0 Å². The van der Waals surface area contributed by atoms with Crippen LogP contribution in [0.15, 0.2) is 12.4 Å². The number of nitrogens with zero attached hydrogens (tertiary/aromatic N) is 5. The van der Waals surface area contributed by atoms with Crippen LogP contribution in [0.2, 0.25) is 0 Å². The molecule has 4 rings (SSSR count). The lowest BCUT2D eigenvalue weighted by atomic mass is 10.2. The fourth-order valence-corrected chi connectivity index (χ4v) is 3.25. The van der Waals surface area contributed by atoms with Crippen molar-refractivity contribution in [3.63, 3.8) is 0 Å². The summed E-state index contributed by atoms with van der Waals surface area (Å²) >= 11 is 0. The minimum Gasteiger partial charge on any atom is -0.294 e. The van der Waals surface area contributed by atoms with Crippen molar-refractivity contribution in [3.05, 3.63) is 29.3 Å². The molecule has 1 saturated heterocycles. The van der Waals surface area contributed by atoms with Gasteiger partial charge < -0.3 is 0 Å². The molecule has 1 saturated carbocycles. The molecular weight excluding hydrogens is 264 g/mol. The minimum absolute atomic E-state index is 0.563.